The quantitative estimate of drug-likeness (QED) is 0.695. The molecule has 1 amide bonds. The van der Waals surface area contributed by atoms with E-state index in [2.05, 4.69) is 15.5 Å². The first-order valence-electron chi connectivity index (χ1n) is 9.69. The lowest BCUT2D eigenvalue weighted by Crippen LogP contribution is -2.54. The molecular weight excluding hydrogens is 423 g/mol. The fraction of sp³-hybridized carbons (Fsp3) is 0.650. The molecule has 1 aromatic carbocycles. The van der Waals surface area contributed by atoms with Crippen LogP contribution in [-0.4, -0.2) is 56.7 Å². The monoisotopic (exact) mass is 453 g/mol. The van der Waals surface area contributed by atoms with E-state index >= 15 is 0 Å². The number of hydrogen-bond acceptors (Lipinski definition) is 4. The molecule has 5 nitrogen and oxygen atoms in total. The van der Waals surface area contributed by atoms with E-state index < -0.39 is 17.0 Å². The Balaban J connectivity index is 0.00000210. The molecule has 2 N–H and O–H groups in total. The minimum atomic E-state index is -0.817. The van der Waals surface area contributed by atoms with Gasteiger partial charge in [-0.2, -0.15) is 0 Å². The largest absolute Gasteiger partial charge is 0.384 e. The van der Waals surface area contributed by atoms with Crippen LogP contribution >= 0.6 is 24.8 Å². The van der Waals surface area contributed by atoms with Crippen LogP contribution in [0.15, 0.2) is 18.2 Å². The van der Waals surface area contributed by atoms with Gasteiger partial charge in [-0.25, -0.2) is 8.78 Å². The second-order valence-electron chi connectivity index (χ2n) is 7.74. The predicted molar refractivity (Wildman–Crippen MR) is 114 cm³/mol. The van der Waals surface area contributed by atoms with Gasteiger partial charge < -0.3 is 15.4 Å². The molecule has 1 aromatic rings. The van der Waals surface area contributed by atoms with E-state index in [1.54, 1.807) is 13.2 Å². The van der Waals surface area contributed by atoms with Gasteiger partial charge in [0, 0.05) is 32.8 Å². The highest BCUT2D eigenvalue weighted by Gasteiger charge is 2.40. The molecule has 3 rings (SSSR count). The van der Waals surface area contributed by atoms with Crippen molar-refractivity contribution in [3.63, 3.8) is 0 Å². The van der Waals surface area contributed by atoms with E-state index in [9.17, 15) is 13.6 Å². The lowest BCUT2D eigenvalue weighted by molar-refractivity contribution is -0.137. The molecular formula is C20H31Cl2F2N3O2. The number of rotatable bonds is 6. The van der Waals surface area contributed by atoms with Gasteiger partial charge >= 0.3 is 0 Å². The summed E-state index contributed by atoms with van der Waals surface area (Å²) in [6.45, 7) is 4.37. The molecule has 0 aliphatic carbocycles. The van der Waals surface area contributed by atoms with Crippen molar-refractivity contribution in [1.29, 1.82) is 0 Å². The molecule has 0 spiro atoms. The van der Waals surface area contributed by atoms with Crippen molar-refractivity contribution in [2.24, 2.45) is 5.41 Å². The summed E-state index contributed by atoms with van der Waals surface area (Å²) in [4.78, 5) is 15.1. The number of piperidine rings is 2. The topological polar surface area (TPSA) is 53.6 Å². The maximum atomic E-state index is 13.4. The number of nitrogens with one attached hydrogen (secondary N) is 2. The van der Waals surface area contributed by atoms with E-state index in [1.165, 1.54) is 12.1 Å². The van der Waals surface area contributed by atoms with Crippen LogP contribution in [-0.2, 0) is 16.1 Å². The van der Waals surface area contributed by atoms with Crippen LogP contribution in [0.3, 0.4) is 0 Å². The van der Waals surface area contributed by atoms with Crippen molar-refractivity contribution in [2.75, 3.05) is 39.9 Å². The smallest absolute Gasteiger partial charge is 0.228 e. The zero-order valence-corrected chi connectivity index (χ0v) is 18.3. The van der Waals surface area contributed by atoms with Gasteiger partial charge in [0.1, 0.15) is 0 Å². The third kappa shape index (κ3) is 6.76. The van der Waals surface area contributed by atoms with Gasteiger partial charge in [0.15, 0.2) is 11.6 Å². The van der Waals surface area contributed by atoms with Gasteiger partial charge in [-0.05, 0) is 56.5 Å². The first-order valence-corrected chi connectivity index (χ1v) is 9.69. The standard InChI is InChI=1S/C20H29F2N3O2.2ClH/c1-27-14-20(6-8-23-9-7-20)19(26)24-16-4-10-25(11-5-16)13-15-2-3-17(21)18(22)12-15;;/h2-3,12,16,23H,4-11,13-14H2,1H3,(H,24,26);2*1H. The number of likely N-dealkylation sites (tertiary alicyclic amines) is 1. The second kappa shape index (κ2) is 12.0. The summed E-state index contributed by atoms with van der Waals surface area (Å²) in [6.07, 6.45) is 3.30. The van der Waals surface area contributed by atoms with Crippen LogP contribution in [0.4, 0.5) is 8.78 Å². The van der Waals surface area contributed by atoms with Gasteiger partial charge in [-0.1, -0.05) is 6.07 Å². The molecule has 0 atom stereocenters. The van der Waals surface area contributed by atoms with E-state index in [-0.39, 0.29) is 36.8 Å². The number of carbonyl (C=O) groups excluding carboxylic acids is 1. The zero-order valence-electron chi connectivity index (χ0n) is 16.7. The van der Waals surface area contributed by atoms with Crippen molar-refractivity contribution in [2.45, 2.75) is 38.3 Å². The number of halogens is 4. The van der Waals surface area contributed by atoms with E-state index in [0.29, 0.717) is 13.2 Å². The number of ether oxygens (including phenoxy) is 1. The van der Waals surface area contributed by atoms with Crippen LogP contribution in [0.2, 0.25) is 0 Å². The average Bonchev–Trinajstić information content (AvgIpc) is 2.67. The second-order valence-corrected chi connectivity index (χ2v) is 7.74. The highest BCUT2D eigenvalue weighted by molar-refractivity contribution is 5.85. The van der Waals surface area contributed by atoms with Crippen molar-refractivity contribution in [3.8, 4) is 0 Å². The summed E-state index contributed by atoms with van der Waals surface area (Å²) in [6, 6.07) is 4.21. The normalized spacial score (nSPS) is 19.7. The molecule has 0 unspecified atom stereocenters. The van der Waals surface area contributed by atoms with E-state index in [1.807, 2.05) is 0 Å². The number of nitrogens with zero attached hydrogens (tertiary/aromatic N) is 1. The molecule has 0 bridgehead atoms. The summed E-state index contributed by atoms with van der Waals surface area (Å²) in [5.74, 6) is -1.52. The number of benzene rings is 1. The molecule has 2 saturated heterocycles. The Labute approximate surface area is 183 Å². The summed E-state index contributed by atoms with van der Waals surface area (Å²) < 4.78 is 31.7. The van der Waals surface area contributed by atoms with Crippen molar-refractivity contribution < 1.29 is 18.3 Å². The Hall–Kier alpha value is -0.990. The third-order valence-electron chi connectivity index (χ3n) is 5.78. The van der Waals surface area contributed by atoms with Gasteiger partial charge in [0.05, 0.1) is 12.0 Å². The Bertz CT molecular complexity index is 647. The molecule has 166 valence electrons. The number of carbonyl (C=O) groups is 1. The molecule has 0 aromatic heterocycles. The summed E-state index contributed by atoms with van der Waals surface area (Å²) in [5, 5.41) is 6.53. The number of methoxy groups -OCH3 is 1. The lowest BCUT2D eigenvalue weighted by atomic mass is 9.78. The van der Waals surface area contributed by atoms with Gasteiger partial charge in [-0.15, -0.1) is 24.8 Å². The van der Waals surface area contributed by atoms with Crippen LogP contribution in [0.1, 0.15) is 31.2 Å². The molecule has 2 fully saturated rings. The fourth-order valence-corrected chi connectivity index (χ4v) is 4.09. The van der Waals surface area contributed by atoms with Crippen molar-refractivity contribution >= 4 is 30.7 Å². The molecule has 2 heterocycles. The molecule has 9 heteroatoms. The minimum absolute atomic E-state index is 0. The van der Waals surface area contributed by atoms with E-state index in [4.69, 9.17) is 4.74 Å². The maximum absolute atomic E-state index is 13.4. The third-order valence-corrected chi connectivity index (χ3v) is 5.78. The maximum Gasteiger partial charge on any atom is 0.228 e. The van der Waals surface area contributed by atoms with Crippen LogP contribution < -0.4 is 10.6 Å². The zero-order chi connectivity index (χ0) is 19.3. The average molecular weight is 454 g/mol. The highest BCUT2D eigenvalue weighted by Crippen LogP contribution is 2.30. The van der Waals surface area contributed by atoms with Gasteiger partial charge in [0.2, 0.25) is 5.91 Å². The molecule has 29 heavy (non-hydrogen) atoms. The first kappa shape index (κ1) is 26.0. The fourth-order valence-electron chi connectivity index (χ4n) is 4.09. The van der Waals surface area contributed by atoms with Crippen LogP contribution in [0, 0.1) is 17.0 Å². The highest BCUT2D eigenvalue weighted by atomic mass is 35.5. The van der Waals surface area contributed by atoms with Crippen LogP contribution in [0.25, 0.3) is 0 Å². The molecule has 0 saturated carbocycles. The Morgan fingerprint density at radius 3 is 2.45 bits per heavy atom. The number of amides is 1. The minimum Gasteiger partial charge on any atom is -0.384 e. The van der Waals surface area contributed by atoms with Crippen molar-refractivity contribution in [1.82, 2.24) is 15.5 Å². The summed E-state index contributed by atoms with van der Waals surface area (Å²) >= 11 is 0. The van der Waals surface area contributed by atoms with Gasteiger partial charge in [0.25, 0.3) is 0 Å². The molecule has 0 radical (unpaired) electrons. The predicted octanol–water partition coefficient (Wildman–Crippen LogP) is 2.91. The number of hydrogen-bond donors (Lipinski definition) is 2. The first-order chi connectivity index (χ1) is 13.0. The van der Waals surface area contributed by atoms with Gasteiger partial charge in [-0.3, -0.25) is 9.69 Å². The van der Waals surface area contributed by atoms with E-state index in [0.717, 1.165) is 57.4 Å². The Morgan fingerprint density at radius 2 is 1.86 bits per heavy atom. The molecule has 2 aliphatic rings. The molecule has 2 aliphatic heterocycles. The SMILES string of the molecule is COCC1(C(=O)NC2CCN(Cc3ccc(F)c(F)c3)CC2)CCNCC1.Cl.Cl. The Kier molecular flexibility index (Phi) is 10.8. The van der Waals surface area contributed by atoms with Crippen molar-refractivity contribution in [3.05, 3.63) is 35.4 Å². The Morgan fingerprint density at radius 1 is 1.21 bits per heavy atom. The summed E-state index contributed by atoms with van der Waals surface area (Å²) in [7, 11) is 1.65. The lowest BCUT2D eigenvalue weighted by Gasteiger charge is -2.38. The summed E-state index contributed by atoms with van der Waals surface area (Å²) in [5.41, 5.74) is 0.341. The van der Waals surface area contributed by atoms with Crippen LogP contribution in [0.5, 0.6) is 0 Å².